The van der Waals surface area contributed by atoms with Crippen molar-refractivity contribution in [1.82, 2.24) is 15.5 Å². The Kier molecular flexibility index (Phi) is 9.09. The molecule has 2 aliphatic rings. The lowest BCUT2D eigenvalue weighted by Crippen LogP contribution is -2.36. The average Bonchev–Trinajstić information content (AvgIpc) is 3.26. The van der Waals surface area contributed by atoms with Crippen LogP contribution in [0.15, 0.2) is 24.3 Å². The third-order valence-corrected chi connectivity index (χ3v) is 5.90. The Morgan fingerprint density at radius 1 is 1.14 bits per heavy atom. The minimum absolute atomic E-state index is 0.101. The number of hydrogen-bond donors (Lipinski definition) is 2. The topological polar surface area (TPSA) is 62.8 Å². The Balaban J connectivity index is 1.21. The van der Waals surface area contributed by atoms with Gasteiger partial charge in [-0.05, 0) is 81.8 Å². The number of nitrogens with zero attached hydrogens (tertiary/aromatic N) is 1. The zero-order valence-electron chi connectivity index (χ0n) is 17.8. The molecule has 2 aliphatic heterocycles. The number of carbonyl (C=O) groups excluding carboxylic acids is 1. The predicted molar refractivity (Wildman–Crippen MR) is 115 cm³/mol. The van der Waals surface area contributed by atoms with Gasteiger partial charge in [-0.2, -0.15) is 0 Å². The second kappa shape index (κ2) is 12.0. The number of ether oxygens (including phenoxy) is 2. The molecule has 2 saturated heterocycles. The second-order valence-corrected chi connectivity index (χ2v) is 8.43. The van der Waals surface area contributed by atoms with Gasteiger partial charge in [0.05, 0.1) is 6.10 Å². The first-order valence-corrected chi connectivity index (χ1v) is 11.3. The van der Waals surface area contributed by atoms with Crippen LogP contribution in [0.25, 0.3) is 0 Å². The van der Waals surface area contributed by atoms with Crippen molar-refractivity contribution in [2.75, 3.05) is 39.4 Å². The van der Waals surface area contributed by atoms with Gasteiger partial charge in [0.15, 0.2) is 0 Å². The van der Waals surface area contributed by atoms with Gasteiger partial charge in [0.25, 0.3) is 0 Å². The van der Waals surface area contributed by atoms with Gasteiger partial charge in [-0.1, -0.05) is 19.1 Å². The fraction of sp³-hybridized carbons (Fsp3) is 0.696. The number of nitrogens with one attached hydrogen (secondary N) is 2. The smallest absolute Gasteiger partial charge is 0.315 e. The molecule has 0 saturated carbocycles. The van der Waals surface area contributed by atoms with Crippen LogP contribution in [-0.2, 0) is 11.3 Å². The Bertz CT molecular complexity index is 594. The summed E-state index contributed by atoms with van der Waals surface area (Å²) < 4.78 is 11.3. The molecule has 0 aromatic heterocycles. The van der Waals surface area contributed by atoms with Gasteiger partial charge in [0.1, 0.15) is 12.4 Å². The summed E-state index contributed by atoms with van der Waals surface area (Å²) in [6, 6.07) is 7.78. The lowest BCUT2D eigenvalue weighted by Gasteiger charge is -2.30. The molecule has 0 aliphatic carbocycles. The molecule has 2 heterocycles. The number of benzene rings is 1. The molecular formula is C23H37N3O3. The molecule has 3 rings (SSSR count). The summed E-state index contributed by atoms with van der Waals surface area (Å²) in [6.07, 6.45) is 7.24. The van der Waals surface area contributed by atoms with Gasteiger partial charge in [-0.3, -0.25) is 0 Å². The van der Waals surface area contributed by atoms with Gasteiger partial charge < -0.3 is 25.0 Å². The molecule has 0 bridgehead atoms. The molecule has 1 atom stereocenters. The molecule has 162 valence electrons. The average molecular weight is 404 g/mol. The third kappa shape index (κ3) is 8.23. The standard InChI is InChI=1S/C23H37N3O3/c1-19-10-14-26(15-11-19)13-3-2-12-24-23(27)25-17-20-6-8-21(9-7-20)29-18-22-5-4-16-28-22/h6-9,19,22H,2-5,10-18H2,1H3,(H2,24,25,27). The Labute approximate surface area is 175 Å². The minimum Gasteiger partial charge on any atom is -0.491 e. The van der Waals surface area contributed by atoms with Crippen LogP contribution >= 0.6 is 0 Å². The van der Waals surface area contributed by atoms with Crippen LogP contribution in [0.5, 0.6) is 5.75 Å². The summed E-state index contributed by atoms with van der Waals surface area (Å²) in [5, 5.41) is 5.87. The van der Waals surface area contributed by atoms with E-state index in [1.807, 2.05) is 24.3 Å². The van der Waals surface area contributed by atoms with Crippen molar-refractivity contribution in [3.05, 3.63) is 29.8 Å². The molecule has 0 spiro atoms. The number of likely N-dealkylation sites (tertiary alicyclic amines) is 1. The number of unbranched alkanes of at least 4 members (excludes halogenated alkanes) is 1. The van der Waals surface area contributed by atoms with Crippen molar-refractivity contribution in [1.29, 1.82) is 0 Å². The van der Waals surface area contributed by atoms with Gasteiger partial charge in [-0.15, -0.1) is 0 Å². The molecule has 6 nitrogen and oxygen atoms in total. The van der Waals surface area contributed by atoms with Crippen molar-refractivity contribution in [2.45, 2.75) is 58.1 Å². The SMILES string of the molecule is CC1CCN(CCCCNC(=O)NCc2ccc(OCC3CCCO3)cc2)CC1. The highest BCUT2D eigenvalue weighted by atomic mass is 16.5. The van der Waals surface area contributed by atoms with E-state index in [-0.39, 0.29) is 12.1 Å². The van der Waals surface area contributed by atoms with Crippen molar-refractivity contribution in [2.24, 2.45) is 5.92 Å². The number of urea groups is 1. The first kappa shape index (κ1) is 21.9. The van der Waals surface area contributed by atoms with E-state index in [4.69, 9.17) is 9.47 Å². The van der Waals surface area contributed by atoms with Crippen LogP contribution in [0.1, 0.15) is 51.0 Å². The minimum atomic E-state index is -0.101. The summed E-state index contributed by atoms with van der Waals surface area (Å²) in [4.78, 5) is 14.5. The summed E-state index contributed by atoms with van der Waals surface area (Å²) in [5.41, 5.74) is 1.06. The summed E-state index contributed by atoms with van der Waals surface area (Å²) in [6.45, 7) is 8.65. The highest BCUT2D eigenvalue weighted by Crippen LogP contribution is 2.17. The van der Waals surface area contributed by atoms with Crippen molar-refractivity contribution in [3.8, 4) is 5.75 Å². The molecule has 2 fully saturated rings. The molecule has 1 aromatic carbocycles. The van der Waals surface area contributed by atoms with Gasteiger partial charge in [0.2, 0.25) is 0 Å². The number of amides is 2. The van der Waals surface area contributed by atoms with E-state index in [0.29, 0.717) is 13.2 Å². The molecule has 2 N–H and O–H groups in total. The molecule has 1 aromatic rings. The maximum absolute atomic E-state index is 12.0. The third-order valence-electron chi connectivity index (χ3n) is 5.90. The molecule has 6 heteroatoms. The van der Waals surface area contributed by atoms with Crippen LogP contribution in [0.4, 0.5) is 4.79 Å². The van der Waals surface area contributed by atoms with E-state index in [1.54, 1.807) is 0 Å². The monoisotopic (exact) mass is 403 g/mol. The number of rotatable bonds is 10. The second-order valence-electron chi connectivity index (χ2n) is 8.43. The first-order chi connectivity index (χ1) is 14.2. The maximum Gasteiger partial charge on any atom is 0.315 e. The van der Waals surface area contributed by atoms with E-state index in [1.165, 1.54) is 25.9 Å². The van der Waals surface area contributed by atoms with E-state index in [9.17, 15) is 4.79 Å². The zero-order valence-corrected chi connectivity index (χ0v) is 17.8. The number of piperidine rings is 1. The Morgan fingerprint density at radius 3 is 2.66 bits per heavy atom. The lowest BCUT2D eigenvalue weighted by atomic mass is 9.99. The maximum atomic E-state index is 12.0. The molecule has 0 radical (unpaired) electrons. The molecular weight excluding hydrogens is 366 g/mol. The Hall–Kier alpha value is -1.79. The van der Waals surface area contributed by atoms with Gasteiger partial charge in [-0.25, -0.2) is 4.79 Å². The summed E-state index contributed by atoms with van der Waals surface area (Å²) in [7, 11) is 0. The zero-order chi connectivity index (χ0) is 20.3. The largest absolute Gasteiger partial charge is 0.491 e. The van der Waals surface area contributed by atoms with Crippen LogP contribution in [0, 0.1) is 5.92 Å². The Morgan fingerprint density at radius 2 is 1.93 bits per heavy atom. The van der Waals surface area contributed by atoms with Crippen LogP contribution in [0.2, 0.25) is 0 Å². The van der Waals surface area contributed by atoms with Crippen molar-refractivity contribution < 1.29 is 14.3 Å². The number of hydrogen-bond acceptors (Lipinski definition) is 4. The quantitative estimate of drug-likeness (QED) is 0.587. The summed E-state index contributed by atoms with van der Waals surface area (Å²) >= 11 is 0. The van der Waals surface area contributed by atoms with Crippen LogP contribution in [-0.4, -0.2) is 56.4 Å². The fourth-order valence-electron chi connectivity index (χ4n) is 3.86. The first-order valence-electron chi connectivity index (χ1n) is 11.3. The van der Waals surface area contributed by atoms with Crippen molar-refractivity contribution >= 4 is 6.03 Å². The van der Waals surface area contributed by atoms with Crippen LogP contribution < -0.4 is 15.4 Å². The van der Waals surface area contributed by atoms with Gasteiger partial charge in [0, 0.05) is 19.7 Å². The lowest BCUT2D eigenvalue weighted by molar-refractivity contribution is 0.0679. The highest BCUT2D eigenvalue weighted by Gasteiger charge is 2.16. The number of carbonyl (C=O) groups is 1. The highest BCUT2D eigenvalue weighted by molar-refractivity contribution is 5.73. The molecule has 1 unspecified atom stereocenters. The van der Waals surface area contributed by atoms with E-state index in [0.717, 1.165) is 62.6 Å². The molecule has 2 amide bonds. The van der Waals surface area contributed by atoms with Crippen LogP contribution in [0.3, 0.4) is 0 Å². The van der Waals surface area contributed by atoms with E-state index < -0.39 is 0 Å². The van der Waals surface area contributed by atoms with E-state index in [2.05, 4.69) is 22.5 Å². The fourth-order valence-corrected chi connectivity index (χ4v) is 3.86. The van der Waals surface area contributed by atoms with E-state index >= 15 is 0 Å². The predicted octanol–water partition coefficient (Wildman–Crippen LogP) is 3.56. The van der Waals surface area contributed by atoms with Crippen molar-refractivity contribution in [3.63, 3.8) is 0 Å². The summed E-state index contributed by atoms with van der Waals surface area (Å²) in [5.74, 6) is 1.73. The normalized spacial score (nSPS) is 20.5. The van der Waals surface area contributed by atoms with Gasteiger partial charge >= 0.3 is 6.03 Å². The molecule has 29 heavy (non-hydrogen) atoms.